The average molecular weight is 263 g/mol. The van der Waals surface area contributed by atoms with Crippen molar-refractivity contribution in [2.45, 2.75) is 39.7 Å². The van der Waals surface area contributed by atoms with Gasteiger partial charge in [-0.1, -0.05) is 39.0 Å². The van der Waals surface area contributed by atoms with Crippen molar-refractivity contribution in [3.05, 3.63) is 35.4 Å². The van der Waals surface area contributed by atoms with Crippen molar-refractivity contribution < 1.29 is 14.7 Å². The third-order valence-corrected chi connectivity index (χ3v) is 3.16. The van der Waals surface area contributed by atoms with E-state index in [9.17, 15) is 9.59 Å². The van der Waals surface area contributed by atoms with Crippen LogP contribution in [0.5, 0.6) is 0 Å². The molecule has 0 aliphatic heterocycles. The molecule has 1 rings (SSSR count). The molecule has 0 saturated heterocycles. The van der Waals surface area contributed by atoms with E-state index in [-0.39, 0.29) is 24.3 Å². The van der Waals surface area contributed by atoms with Crippen LogP contribution in [0.2, 0.25) is 0 Å². The average Bonchev–Trinajstić information content (AvgIpc) is 2.37. The Kier molecular flexibility index (Phi) is 5.55. The lowest BCUT2D eigenvalue weighted by Gasteiger charge is -2.21. The highest BCUT2D eigenvalue weighted by Gasteiger charge is 2.20. The van der Waals surface area contributed by atoms with E-state index in [0.717, 1.165) is 12.0 Å². The number of carboxylic acids is 1. The van der Waals surface area contributed by atoms with Crippen molar-refractivity contribution in [1.82, 2.24) is 5.32 Å². The lowest BCUT2D eigenvalue weighted by molar-refractivity contribution is -0.137. The van der Waals surface area contributed by atoms with E-state index in [4.69, 9.17) is 5.11 Å². The molecule has 0 aromatic heterocycles. The molecular weight excluding hydrogens is 242 g/mol. The van der Waals surface area contributed by atoms with Gasteiger partial charge in [0.05, 0.1) is 6.42 Å². The Labute approximate surface area is 113 Å². The second-order valence-electron chi connectivity index (χ2n) is 4.93. The third kappa shape index (κ3) is 4.39. The molecule has 4 nitrogen and oxygen atoms in total. The Bertz CT molecular complexity index is 454. The molecule has 1 aromatic carbocycles. The smallest absolute Gasteiger partial charge is 0.305 e. The first-order valence-electron chi connectivity index (χ1n) is 6.56. The van der Waals surface area contributed by atoms with E-state index in [1.807, 2.05) is 39.0 Å². The Morgan fingerprint density at radius 3 is 2.42 bits per heavy atom. The molecule has 1 amide bonds. The van der Waals surface area contributed by atoms with Gasteiger partial charge in [-0.15, -0.1) is 0 Å². The van der Waals surface area contributed by atoms with E-state index in [1.165, 1.54) is 0 Å². The van der Waals surface area contributed by atoms with Crippen molar-refractivity contribution in [2.75, 3.05) is 0 Å². The van der Waals surface area contributed by atoms with Gasteiger partial charge in [-0.25, -0.2) is 0 Å². The van der Waals surface area contributed by atoms with Gasteiger partial charge in [0, 0.05) is 11.6 Å². The summed E-state index contributed by atoms with van der Waals surface area (Å²) in [6, 6.07) is 7.04. The summed E-state index contributed by atoms with van der Waals surface area (Å²) in [5, 5.41) is 11.7. The number of carbonyl (C=O) groups is 2. The molecule has 2 N–H and O–H groups in total. The van der Waals surface area contributed by atoms with Crippen LogP contribution in [-0.4, -0.2) is 23.0 Å². The van der Waals surface area contributed by atoms with Gasteiger partial charge >= 0.3 is 5.97 Å². The van der Waals surface area contributed by atoms with Crippen LogP contribution in [0.1, 0.15) is 43.1 Å². The largest absolute Gasteiger partial charge is 0.481 e. The first-order valence-corrected chi connectivity index (χ1v) is 6.56. The molecule has 0 radical (unpaired) electrons. The van der Waals surface area contributed by atoms with Crippen LogP contribution in [0.25, 0.3) is 0 Å². The highest BCUT2D eigenvalue weighted by atomic mass is 16.4. The van der Waals surface area contributed by atoms with Gasteiger partial charge in [-0.3, -0.25) is 9.59 Å². The number of hydrogen-bond acceptors (Lipinski definition) is 2. The minimum atomic E-state index is -0.900. The molecule has 1 unspecified atom stereocenters. The van der Waals surface area contributed by atoms with Crippen LogP contribution in [0.4, 0.5) is 0 Å². The monoisotopic (exact) mass is 263 g/mol. The molecule has 104 valence electrons. The summed E-state index contributed by atoms with van der Waals surface area (Å²) in [7, 11) is 0. The van der Waals surface area contributed by atoms with Gasteiger partial charge in [0.2, 0.25) is 0 Å². The lowest BCUT2D eigenvalue weighted by atomic mass is 9.99. The molecule has 0 spiro atoms. The van der Waals surface area contributed by atoms with Crippen LogP contribution < -0.4 is 5.32 Å². The molecular formula is C15H21NO3. The van der Waals surface area contributed by atoms with Gasteiger partial charge in [-0.05, 0) is 24.0 Å². The van der Waals surface area contributed by atoms with E-state index < -0.39 is 5.97 Å². The molecule has 0 saturated carbocycles. The number of hydrogen-bond donors (Lipinski definition) is 2. The second-order valence-corrected chi connectivity index (χ2v) is 4.93. The van der Waals surface area contributed by atoms with E-state index >= 15 is 0 Å². The molecule has 1 aromatic rings. The number of amides is 1. The zero-order chi connectivity index (χ0) is 14.4. The summed E-state index contributed by atoms with van der Waals surface area (Å²) in [5.74, 6) is -1.02. The molecule has 1 atom stereocenters. The minimum absolute atomic E-state index is 0.0578. The van der Waals surface area contributed by atoms with Crippen molar-refractivity contribution >= 4 is 11.9 Å². The number of carboxylic acid groups (broad SMARTS) is 1. The van der Waals surface area contributed by atoms with Crippen LogP contribution in [0.3, 0.4) is 0 Å². The minimum Gasteiger partial charge on any atom is -0.481 e. The summed E-state index contributed by atoms with van der Waals surface area (Å²) >= 11 is 0. The normalized spacial score (nSPS) is 12.2. The van der Waals surface area contributed by atoms with Gasteiger partial charge < -0.3 is 10.4 Å². The maximum Gasteiger partial charge on any atom is 0.305 e. The first-order chi connectivity index (χ1) is 8.95. The first kappa shape index (κ1) is 15.2. The highest BCUT2D eigenvalue weighted by Crippen LogP contribution is 2.12. The number of aliphatic carboxylic acids is 1. The standard InChI is InChI=1S/C15H21NO3/c1-4-11-7-5-6-8-12(11)15(19)16-13(10(2)3)9-14(17)18/h5-8,10,13H,4,9H2,1-3H3,(H,16,19)(H,17,18). The van der Waals surface area contributed by atoms with Crippen LogP contribution >= 0.6 is 0 Å². The van der Waals surface area contributed by atoms with Crippen molar-refractivity contribution in [3.63, 3.8) is 0 Å². The van der Waals surface area contributed by atoms with Crippen LogP contribution in [0.15, 0.2) is 24.3 Å². The van der Waals surface area contributed by atoms with Gasteiger partial charge in [0.15, 0.2) is 0 Å². The summed E-state index contributed by atoms with van der Waals surface area (Å²) in [6.45, 7) is 5.79. The fourth-order valence-electron chi connectivity index (χ4n) is 1.94. The summed E-state index contributed by atoms with van der Waals surface area (Å²) in [4.78, 5) is 23.0. The van der Waals surface area contributed by atoms with Crippen molar-refractivity contribution in [3.8, 4) is 0 Å². The predicted octanol–water partition coefficient (Wildman–Crippen LogP) is 2.48. The van der Waals surface area contributed by atoms with E-state index in [1.54, 1.807) is 6.07 Å². The summed E-state index contributed by atoms with van der Waals surface area (Å²) in [5.41, 5.74) is 1.60. The fraction of sp³-hybridized carbons (Fsp3) is 0.467. The number of carbonyl (C=O) groups excluding carboxylic acids is 1. The number of aryl methyl sites for hydroxylation is 1. The molecule has 0 bridgehead atoms. The Balaban J connectivity index is 2.84. The third-order valence-electron chi connectivity index (χ3n) is 3.16. The van der Waals surface area contributed by atoms with Gasteiger partial charge in [0.25, 0.3) is 5.91 Å². The highest BCUT2D eigenvalue weighted by molar-refractivity contribution is 5.96. The van der Waals surface area contributed by atoms with Crippen LogP contribution in [-0.2, 0) is 11.2 Å². The fourth-order valence-corrected chi connectivity index (χ4v) is 1.94. The Morgan fingerprint density at radius 1 is 1.26 bits per heavy atom. The molecule has 0 heterocycles. The molecule has 0 aliphatic carbocycles. The molecule has 0 aliphatic rings. The SMILES string of the molecule is CCc1ccccc1C(=O)NC(CC(=O)O)C(C)C. The van der Waals surface area contributed by atoms with Crippen molar-refractivity contribution in [1.29, 1.82) is 0 Å². The predicted molar refractivity (Wildman–Crippen MR) is 74.2 cm³/mol. The lowest BCUT2D eigenvalue weighted by Crippen LogP contribution is -2.40. The van der Waals surface area contributed by atoms with Gasteiger partial charge in [0.1, 0.15) is 0 Å². The van der Waals surface area contributed by atoms with E-state index in [0.29, 0.717) is 5.56 Å². The van der Waals surface area contributed by atoms with Crippen LogP contribution in [0, 0.1) is 5.92 Å². The summed E-state index contributed by atoms with van der Waals surface area (Å²) < 4.78 is 0. The zero-order valence-electron chi connectivity index (χ0n) is 11.6. The topological polar surface area (TPSA) is 66.4 Å². The quantitative estimate of drug-likeness (QED) is 0.828. The maximum absolute atomic E-state index is 12.2. The summed E-state index contributed by atoms with van der Waals surface area (Å²) in [6.07, 6.45) is 0.715. The van der Waals surface area contributed by atoms with Gasteiger partial charge in [-0.2, -0.15) is 0 Å². The number of rotatable bonds is 6. The van der Waals surface area contributed by atoms with Crippen molar-refractivity contribution in [2.24, 2.45) is 5.92 Å². The molecule has 0 fully saturated rings. The second kappa shape index (κ2) is 6.92. The number of nitrogens with one attached hydrogen (secondary N) is 1. The maximum atomic E-state index is 12.2. The zero-order valence-corrected chi connectivity index (χ0v) is 11.6. The number of benzene rings is 1. The van der Waals surface area contributed by atoms with E-state index in [2.05, 4.69) is 5.32 Å². The molecule has 19 heavy (non-hydrogen) atoms. The molecule has 4 heteroatoms. The Morgan fingerprint density at radius 2 is 1.89 bits per heavy atom. The Hall–Kier alpha value is -1.84.